The molecule has 0 N–H and O–H groups in total. The van der Waals surface area contributed by atoms with E-state index in [1.165, 1.54) is 30.5 Å². The van der Waals surface area contributed by atoms with E-state index in [0.717, 1.165) is 37.3 Å². The minimum Gasteiger partial charge on any atom is -0.497 e. The van der Waals surface area contributed by atoms with Crippen LogP contribution in [0, 0.1) is 11.8 Å². The van der Waals surface area contributed by atoms with Gasteiger partial charge in [0.05, 0.1) is 7.11 Å². The number of likely N-dealkylation sites (tertiary alicyclic amines) is 1. The lowest BCUT2D eigenvalue weighted by atomic mass is 9.56. The number of piperidine rings is 1. The summed E-state index contributed by atoms with van der Waals surface area (Å²) in [5.41, 5.74) is 2.81. The maximum absolute atomic E-state index is 11.5. The Morgan fingerprint density at radius 3 is 2.91 bits per heavy atom. The van der Waals surface area contributed by atoms with Gasteiger partial charge in [-0.25, -0.2) is 0 Å². The molecule has 1 aromatic rings. The van der Waals surface area contributed by atoms with E-state index in [2.05, 4.69) is 30.0 Å². The fourth-order valence-corrected chi connectivity index (χ4v) is 5.06. The first kappa shape index (κ1) is 15.2. The molecule has 124 valence electrons. The first-order valence-electron chi connectivity index (χ1n) is 9.03. The molecule has 0 amide bonds. The lowest BCUT2D eigenvalue weighted by Crippen LogP contribution is -2.59. The van der Waals surface area contributed by atoms with Crippen molar-refractivity contribution in [1.82, 2.24) is 4.90 Å². The van der Waals surface area contributed by atoms with E-state index in [1.807, 2.05) is 0 Å². The zero-order valence-corrected chi connectivity index (χ0v) is 14.3. The molecule has 23 heavy (non-hydrogen) atoms. The van der Waals surface area contributed by atoms with Gasteiger partial charge < -0.3 is 9.53 Å². The van der Waals surface area contributed by atoms with Gasteiger partial charge in [0.25, 0.3) is 0 Å². The number of nitrogens with zero attached hydrogens (tertiary/aromatic N) is 1. The predicted molar refractivity (Wildman–Crippen MR) is 90.9 cm³/mol. The first-order valence-corrected chi connectivity index (χ1v) is 9.03. The number of rotatable bonds is 5. The fraction of sp³-hybridized carbons (Fsp3) is 0.650. The van der Waals surface area contributed by atoms with E-state index in [0.29, 0.717) is 18.4 Å². The Labute approximate surface area is 139 Å². The average molecular weight is 313 g/mol. The normalized spacial score (nSPS) is 33.1. The van der Waals surface area contributed by atoms with E-state index in [1.54, 1.807) is 7.11 Å². The summed E-state index contributed by atoms with van der Waals surface area (Å²) in [6, 6.07) is 7.09. The van der Waals surface area contributed by atoms with Crippen molar-refractivity contribution in [1.29, 1.82) is 0 Å². The summed E-state index contributed by atoms with van der Waals surface area (Å²) in [4.78, 5) is 14.2. The predicted octanol–water partition coefficient (Wildman–Crippen LogP) is 3.20. The summed E-state index contributed by atoms with van der Waals surface area (Å²) in [5, 5.41) is 0. The molecule has 1 heterocycles. The number of aldehydes is 1. The van der Waals surface area contributed by atoms with Crippen molar-refractivity contribution in [3.63, 3.8) is 0 Å². The molecule has 3 atom stereocenters. The number of carbonyl (C=O) groups is 1. The van der Waals surface area contributed by atoms with Gasteiger partial charge in [0.2, 0.25) is 0 Å². The minimum atomic E-state index is 0.00852. The molecule has 0 spiro atoms. The van der Waals surface area contributed by atoms with Crippen LogP contribution >= 0.6 is 0 Å². The van der Waals surface area contributed by atoms with Crippen molar-refractivity contribution in [3.05, 3.63) is 29.3 Å². The molecule has 1 aromatic carbocycles. The first-order chi connectivity index (χ1) is 11.2. The standard InChI is InChI=1S/C20H27NO2/c1-14-19-11-16-5-6-17(23-2)12-18(16)20(14,8-10-22)7-9-21(19)13-15-3-4-15/h5-6,10,12,14-15,19H,3-4,7-9,11,13H2,1-2H3/t14-,19+,20?/m0/s1. The molecule has 1 unspecified atom stereocenters. The average Bonchev–Trinajstić information content (AvgIpc) is 3.37. The van der Waals surface area contributed by atoms with E-state index in [9.17, 15) is 4.79 Å². The molecule has 1 saturated heterocycles. The molecule has 3 aliphatic rings. The second-order valence-electron chi connectivity index (χ2n) is 7.80. The lowest BCUT2D eigenvalue weighted by molar-refractivity contribution is -0.110. The van der Waals surface area contributed by atoms with E-state index in [4.69, 9.17) is 4.74 Å². The Morgan fingerprint density at radius 1 is 1.39 bits per heavy atom. The largest absolute Gasteiger partial charge is 0.497 e. The van der Waals surface area contributed by atoms with Crippen molar-refractivity contribution >= 4 is 6.29 Å². The number of methoxy groups -OCH3 is 1. The van der Waals surface area contributed by atoms with E-state index in [-0.39, 0.29) is 5.41 Å². The fourth-order valence-electron chi connectivity index (χ4n) is 5.06. The SMILES string of the molecule is COc1ccc2c(c1)C1(CC=O)CCN(CC3CC3)[C@H](C2)[C@@H]1C. The van der Waals surface area contributed by atoms with Crippen LogP contribution in [-0.4, -0.2) is 37.4 Å². The Morgan fingerprint density at radius 2 is 2.22 bits per heavy atom. The molecule has 1 saturated carbocycles. The molecule has 3 nitrogen and oxygen atoms in total. The van der Waals surface area contributed by atoms with Crippen LogP contribution in [0.2, 0.25) is 0 Å². The summed E-state index contributed by atoms with van der Waals surface area (Å²) >= 11 is 0. The molecule has 3 heteroatoms. The van der Waals surface area contributed by atoms with E-state index < -0.39 is 0 Å². The third kappa shape index (κ3) is 2.40. The zero-order chi connectivity index (χ0) is 16.0. The zero-order valence-electron chi connectivity index (χ0n) is 14.3. The third-order valence-electron chi connectivity index (χ3n) is 6.68. The third-order valence-corrected chi connectivity index (χ3v) is 6.68. The lowest BCUT2D eigenvalue weighted by Gasteiger charge is -2.55. The second kappa shape index (κ2) is 5.62. The van der Waals surface area contributed by atoms with E-state index >= 15 is 0 Å². The molecule has 2 bridgehead atoms. The molecular formula is C20H27NO2. The summed E-state index contributed by atoms with van der Waals surface area (Å²) in [5.74, 6) is 2.37. The topological polar surface area (TPSA) is 29.5 Å². The van der Waals surface area contributed by atoms with Crippen LogP contribution in [0.3, 0.4) is 0 Å². The Bertz CT molecular complexity index is 610. The van der Waals surface area contributed by atoms with Gasteiger partial charge in [0, 0.05) is 24.4 Å². The van der Waals surface area contributed by atoms with Crippen molar-refractivity contribution < 1.29 is 9.53 Å². The highest BCUT2D eigenvalue weighted by molar-refractivity contribution is 5.57. The van der Waals surface area contributed by atoms with Crippen LogP contribution in [0.25, 0.3) is 0 Å². The summed E-state index contributed by atoms with van der Waals surface area (Å²) in [7, 11) is 1.72. The summed E-state index contributed by atoms with van der Waals surface area (Å²) in [6.45, 7) is 4.77. The van der Waals surface area contributed by atoms with Gasteiger partial charge in [-0.15, -0.1) is 0 Å². The molecule has 4 rings (SSSR count). The van der Waals surface area contributed by atoms with Crippen molar-refractivity contribution in [2.24, 2.45) is 11.8 Å². The van der Waals surface area contributed by atoms with Crippen LogP contribution in [0.1, 0.15) is 43.7 Å². The maximum Gasteiger partial charge on any atom is 0.120 e. The van der Waals surface area contributed by atoms with Crippen LogP contribution < -0.4 is 4.74 Å². The number of fused-ring (bicyclic) bond motifs is 4. The van der Waals surface area contributed by atoms with Gasteiger partial charge in [-0.1, -0.05) is 13.0 Å². The quantitative estimate of drug-likeness (QED) is 0.782. The molecule has 0 radical (unpaired) electrons. The molecule has 0 aromatic heterocycles. The highest BCUT2D eigenvalue weighted by Gasteiger charge is 2.51. The highest BCUT2D eigenvalue weighted by Crippen LogP contribution is 2.51. The Kier molecular flexibility index (Phi) is 3.72. The van der Waals surface area contributed by atoms with Crippen molar-refractivity contribution in [2.75, 3.05) is 20.2 Å². The van der Waals surface area contributed by atoms with Crippen LogP contribution in [0.4, 0.5) is 0 Å². The minimum absolute atomic E-state index is 0.00852. The van der Waals surface area contributed by atoms with Gasteiger partial charge in [0.15, 0.2) is 0 Å². The van der Waals surface area contributed by atoms with Gasteiger partial charge in [-0.2, -0.15) is 0 Å². The maximum atomic E-state index is 11.5. The molecule has 2 fully saturated rings. The van der Waals surface area contributed by atoms with Gasteiger partial charge in [-0.3, -0.25) is 4.90 Å². The number of benzene rings is 1. The monoisotopic (exact) mass is 313 g/mol. The number of hydrogen-bond donors (Lipinski definition) is 0. The number of ether oxygens (including phenoxy) is 1. The van der Waals surface area contributed by atoms with Crippen LogP contribution in [0.15, 0.2) is 18.2 Å². The smallest absolute Gasteiger partial charge is 0.120 e. The van der Waals surface area contributed by atoms with Gasteiger partial charge in [-0.05, 0) is 67.3 Å². The number of carbonyl (C=O) groups excluding carboxylic acids is 1. The second-order valence-corrected chi connectivity index (χ2v) is 7.80. The van der Waals surface area contributed by atoms with Crippen LogP contribution in [-0.2, 0) is 16.6 Å². The van der Waals surface area contributed by atoms with Crippen molar-refractivity contribution in [2.45, 2.75) is 50.5 Å². The molecular weight excluding hydrogens is 286 g/mol. The molecule has 1 aliphatic heterocycles. The Balaban J connectivity index is 1.75. The van der Waals surface area contributed by atoms with Crippen LogP contribution in [0.5, 0.6) is 5.75 Å². The van der Waals surface area contributed by atoms with Gasteiger partial charge in [0.1, 0.15) is 12.0 Å². The molecule has 2 aliphatic carbocycles. The van der Waals surface area contributed by atoms with Gasteiger partial charge >= 0.3 is 0 Å². The Hall–Kier alpha value is -1.35. The summed E-state index contributed by atoms with van der Waals surface area (Å²) in [6.07, 6.45) is 6.81. The summed E-state index contributed by atoms with van der Waals surface area (Å²) < 4.78 is 5.46. The number of hydrogen-bond acceptors (Lipinski definition) is 3. The highest BCUT2D eigenvalue weighted by atomic mass is 16.5. The van der Waals surface area contributed by atoms with Crippen molar-refractivity contribution in [3.8, 4) is 5.75 Å².